The molecule has 1 aromatic carbocycles. The highest BCUT2D eigenvalue weighted by molar-refractivity contribution is 7.13. The highest BCUT2D eigenvalue weighted by atomic mass is 32.1. The molecule has 0 aliphatic heterocycles. The summed E-state index contributed by atoms with van der Waals surface area (Å²) in [4.78, 5) is 4.31. The first-order valence-electron chi connectivity index (χ1n) is 8.22. The zero-order chi connectivity index (χ0) is 16.3. The van der Waals surface area contributed by atoms with Crippen molar-refractivity contribution in [3.8, 4) is 5.75 Å². The number of aryl methyl sites for hydroxylation is 1. The van der Waals surface area contributed by atoms with E-state index in [2.05, 4.69) is 22.4 Å². The lowest BCUT2D eigenvalue weighted by molar-refractivity contribution is 0.304. The topological polar surface area (TPSA) is 46.5 Å². The third-order valence-corrected chi connectivity index (χ3v) is 4.27. The quantitative estimate of drug-likeness (QED) is 0.367. The molecule has 124 valence electrons. The largest absolute Gasteiger partial charge is 0.493 e. The van der Waals surface area contributed by atoms with Gasteiger partial charge in [0.05, 0.1) is 18.5 Å². The Bertz CT molecular complexity index is 610. The van der Waals surface area contributed by atoms with Crippen molar-refractivity contribution in [1.29, 1.82) is 0 Å². The van der Waals surface area contributed by atoms with Gasteiger partial charge >= 0.3 is 0 Å². The lowest BCUT2D eigenvalue weighted by atomic mass is 10.2. The van der Waals surface area contributed by atoms with E-state index in [0.717, 1.165) is 35.2 Å². The maximum absolute atomic E-state index is 5.89. The molecule has 0 aliphatic carbocycles. The van der Waals surface area contributed by atoms with E-state index in [1.54, 1.807) is 17.6 Å². The van der Waals surface area contributed by atoms with Gasteiger partial charge in [-0.3, -0.25) is 5.43 Å². The number of ether oxygens (including phenoxy) is 1. The molecule has 1 N–H and O–H groups in total. The van der Waals surface area contributed by atoms with Crippen LogP contribution in [-0.2, 0) is 0 Å². The van der Waals surface area contributed by atoms with Crippen molar-refractivity contribution in [1.82, 2.24) is 4.98 Å². The van der Waals surface area contributed by atoms with Gasteiger partial charge in [-0.1, -0.05) is 44.7 Å². The summed E-state index contributed by atoms with van der Waals surface area (Å²) in [7, 11) is 0. The van der Waals surface area contributed by atoms with Gasteiger partial charge in [-0.05, 0) is 25.5 Å². The molecular weight excluding hydrogens is 306 g/mol. The minimum absolute atomic E-state index is 0.758. The predicted octanol–water partition coefficient (Wildman–Crippen LogP) is 5.25. The first kappa shape index (κ1) is 17.5. The van der Waals surface area contributed by atoms with Crippen LogP contribution in [0.2, 0.25) is 0 Å². The van der Waals surface area contributed by atoms with E-state index in [1.165, 1.54) is 25.7 Å². The first-order valence-corrected chi connectivity index (χ1v) is 9.10. The van der Waals surface area contributed by atoms with Gasteiger partial charge in [-0.2, -0.15) is 5.10 Å². The zero-order valence-corrected chi connectivity index (χ0v) is 14.7. The lowest BCUT2D eigenvalue weighted by Crippen LogP contribution is -2.00. The van der Waals surface area contributed by atoms with Crippen molar-refractivity contribution < 1.29 is 4.74 Å². The van der Waals surface area contributed by atoms with E-state index in [9.17, 15) is 0 Å². The van der Waals surface area contributed by atoms with Gasteiger partial charge in [0.15, 0.2) is 0 Å². The summed E-state index contributed by atoms with van der Waals surface area (Å²) in [6, 6.07) is 7.97. The van der Waals surface area contributed by atoms with Crippen molar-refractivity contribution in [2.75, 3.05) is 12.0 Å². The smallest absolute Gasteiger partial charge is 0.203 e. The Kier molecular flexibility index (Phi) is 7.60. The molecule has 4 nitrogen and oxygen atoms in total. The minimum atomic E-state index is 0.758. The van der Waals surface area contributed by atoms with Gasteiger partial charge in [0.1, 0.15) is 5.75 Å². The van der Waals surface area contributed by atoms with E-state index in [-0.39, 0.29) is 0 Å². The van der Waals surface area contributed by atoms with Gasteiger partial charge in [-0.15, -0.1) is 11.3 Å². The number of aromatic nitrogens is 1. The fourth-order valence-corrected chi connectivity index (χ4v) is 2.81. The van der Waals surface area contributed by atoms with Crippen molar-refractivity contribution in [2.24, 2.45) is 5.10 Å². The number of unbranched alkanes of at least 4 members (excludes halogenated alkanes) is 4. The summed E-state index contributed by atoms with van der Waals surface area (Å²) in [6.07, 6.45) is 7.98. The fraction of sp³-hybridized carbons (Fsp3) is 0.444. The number of benzene rings is 1. The number of thiazole rings is 1. The van der Waals surface area contributed by atoms with Crippen LogP contribution in [0, 0.1) is 6.92 Å². The Balaban J connectivity index is 1.82. The van der Waals surface area contributed by atoms with Gasteiger partial charge in [0, 0.05) is 10.9 Å². The molecule has 5 heteroatoms. The summed E-state index contributed by atoms with van der Waals surface area (Å²) in [6.45, 7) is 4.95. The van der Waals surface area contributed by atoms with Crippen molar-refractivity contribution in [2.45, 2.75) is 46.0 Å². The van der Waals surface area contributed by atoms with Crippen LogP contribution in [-0.4, -0.2) is 17.8 Å². The van der Waals surface area contributed by atoms with Crippen LogP contribution < -0.4 is 10.2 Å². The number of hydrazone groups is 1. The second-order valence-electron chi connectivity index (χ2n) is 5.46. The van der Waals surface area contributed by atoms with E-state index in [4.69, 9.17) is 4.74 Å². The SMILES string of the molecule is CCCCCCCOc1ccccc1/C=N\Nc1nc(C)cs1. The molecule has 23 heavy (non-hydrogen) atoms. The van der Waals surface area contributed by atoms with Crippen molar-refractivity contribution in [3.63, 3.8) is 0 Å². The Morgan fingerprint density at radius 1 is 1.22 bits per heavy atom. The van der Waals surface area contributed by atoms with E-state index >= 15 is 0 Å². The van der Waals surface area contributed by atoms with Crippen LogP contribution in [0.1, 0.15) is 50.3 Å². The highest BCUT2D eigenvalue weighted by Crippen LogP contribution is 2.18. The zero-order valence-electron chi connectivity index (χ0n) is 13.9. The number of nitrogens with zero attached hydrogens (tertiary/aromatic N) is 2. The molecule has 0 radical (unpaired) electrons. The van der Waals surface area contributed by atoms with Gasteiger partial charge < -0.3 is 4.74 Å². The number of para-hydroxylation sites is 1. The fourth-order valence-electron chi connectivity index (χ4n) is 2.17. The summed E-state index contributed by atoms with van der Waals surface area (Å²) < 4.78 is 5.89. The van der Waals surface area contributed by atoms with Crippen LogP contribution >= 0.6 is 11.3 Å². The van der Waals surface area contributed by atoms with Crippen LogP contribution in [0.25, 0.3) is 0 Å². The molecule has 0 spiro atoms. The molecule has 0 saturated carbocycles. The number of hydrogen-bond donors (Lipinski definition) is 1. The monoisotopic (exact) mass is 331 g/mol. The highest BCUT2D eigenvalue weighted by Gasteiger charge is 2.01. The maximum Gasteiger partial charge on any atom is 0.203 e. The molecule has 0 amide bonds. The lowest BCUT2D eigenvalue weighted by Gasteiger charge is -2.08. The molecule has 0 aliphatic rings. The Labute approximate surface area is 142 Å². The molecule has 0 saturated heterocycles. The number of hydrogen-bond acceptors (Lipinski definition) is 5. The van der Waals surface area contributed by atoms with E-state index in [1.807, 2.05) is 36.6 Å². The van der Waals surface area contributed by atoms with Crippen molar-refractivity contribution in [3.05, 3.63) is 40.9 Å². The summed E-state index contributed by atoms with van der Waals surface area (Å²) in [5.41, 5.74) is 4.93. The third-order valence-electron chi connectivity index (χ3n) is 3.41. The summed E-state index contributed by atoms with van der Waals surface area (Å²) in [5, 5.41) is 7.04. The Hall–Kier alpha value is -1.88. The molecule has 0 bridgehead atoms. The number of rotatable bonds is 10. The summed E-state index contributed by atoms with van der Waals surface area (Å²) >= 11 is 1.54. The maximum atomic E-state index is 5.89. The molecule has 2 rings (SSSR count). The number of anilines is 1. The molecule has 0 fully saturated rings. The normalized spacial score (nSPS) is 11.0. The molecule has 1 heterocycles. The molecular formula is C18H25N3OS. The molecule has 0 atom stereocenters. The van der Waals surface area contributed by atoms with Crippen LogP contribution in [0.3, 0.4) is 0 Å². The van der Waals surface area contributed by atoms with Crippen LogP contribution in [0.4, 0.5) is 5.13 Å². The molecule has 1 aromatic heterocycles. The van der Waals surface area contributed by atoms with Gasteiger partial charge in [0.25, 0.3) is 0 Å². The molecule has 2 aromatic rings. The Morgan fingerprint density at radius 3 is 2.83 bits per heavy atom. The predicted molar refractivity (Wildman–Crippen MR) is 98.8 cm³/mol. The van der Waals surface area contributed by atoms with E-state index in [0.29, 0.717) is 0 Å². The number of nitrogens with one attached hydrogen (secondary N) is 1. The third kappa shape index (κ3) is 6.40. The second kappa shape index (κ2) is 10.0. The Morgan fingerprint density at radius 2 is 2.04 bits per heavy atom. The van der Waals surface area contributed by atoms with Gasteiger partial charge in [-0.25, -0.2) is 4.98 Å². The molecule has 0 unspecified atom stereocenters. The standard InChI is InChI=1S/C18H25N3OS/c1-3-4-5-6-9-12-22-17-11-8-7-10-16(17)13-19-21-18-20-15(2)14-23-18/h7-8,10-11,13-14H,3-6,9,12H2,1-2H3,(H,20,21)/b19-13-. The second-order valence-corrected chi connectivity index (χ2v) is 6.32. The summed E-state index contributed by atoms with van der Waals surface area (Å²) in [5.74, 6) is 0.879. The average Bonchev–Trinajstić information content (AvgIpc) is 2.97. The van der Waals surface area contributed by atoms with Gasteiger partial charge in [0.2, 0.25) is 5.13 Å². The van der Waals surface area contributed by atoms with Crippen LogP contribution in [0.15, 0.2) is 34.7 Å². The minimum Gasteiger partial charge on any atom is -0.493 e. The van der Waals surface area contributed by atoms with Crippen LogP contribution in [0.5, 0.6) is 5.75 Å². The first-order chi connectivity index (χ1) is 11.3. The van der Waals surface area contributed by atoms with Crippen molar-refractivity contribution >= 4 is 22.7 Å². The van der Waals surface area contributed by atoms with E-state index < -0.39 is 0 Å². The average molecular weight is 331 g/mol.